The fourth-order valence-corrected chi connectivity index (χ4v) is 4.94. The molecule has 0 saturated heterocycles. The summed E-state index contributed by atoms with van der Waals surface area (Å²) < 4.78 is 1.95. The van der Waals surface area contributed by atoms with Crippen molar-refractivity contribution in [2.45, 2.75) is 38.1 Å². The molecule has 4 fully saturated rings. The number of carbonyl (C=O) groups is 1. The van der Waals surface area contributed by atoms with Gasteiger partial charge < -0.3 is 5.11 Å². The lowest BCUT2D eigenvalue weighted by Crippen LogP contribution is -2.46. The minimum Gasteiger partial charge on any atom is -0.478 e. The van der Waals surface area contributed by atoms with Crippen molar-refractivity contribution in [2.75, 3.05) is 0 Å². The predicted octanol–water partition coefficient (Wildman–Crippen LogP) is 2.58. The molecule has 1 heterocycles. The van der Waals surface area contributed by atoms with Gasteiger partial charge in [-0.05, 0) is 55.8 Å². The SMILES string of the molecule is O=C(O)c1cnn(C2C3CC4CC(C3)CC2C4)c1. The second kappa shape index (κ2) is 3.59. The molecule has 0 aliphatic heterocycles. The molecule has 4 heteroatoms. The first kappa shape index (κ1) is 10.6. The summed E-state index contributed by atoms with van der Waals surface area (Å²) in [6.07, 6.45) is 10.0. The van der Waals surface area contributed by atoms with Crippen LogP contribution < -0.4 is 0 Å². The van der Waals surface area contributed by atoms with Crippen LogP contribution in [0.5, 0.6) is 0 Å². The van der Waals surface area contributed by atoms with Gasteiger partial charge in [-0.2, -0.15) is 5.10 Å². The number of aromatic carboxylic acids is 1. The van der Waals surface area contributed by atoms with Crippen molar-refractivity contribution in [3.8, 4) is 0 Å². The van der Waals surface area contributed by atoms with Crippen LogP contribution >= 0.6 is 0 Å². The summed E-state index contributed by atoms with van der Waals surface area (Å²) in [5.41, 5.74) is 0.323. The zero-order chi connectivity index (χ0) is 12.3. The molecular formula is C14H18N2O2. The molecule has 1 N–H and O–H groups in total. The maximum absolute atomic E-state index is 10.9. The quantitative estimate of drug-likeness (QED) is 0.872. The minimum absolute atomic E-state index is 0.323. The van der Waals surface area contributed by atoms with Crippen molar-refractivity contribution in [1.82, 2.24) is 9.78 Å². The maximum atomic E-state index is 10.9. The third kappa shape index (κ3) is 1.44. The molecule has 1 aromatic heterocycles. The molecule has 96 valence electrons. The zero-order valence-electron chi connectivity index (χ0n) is 10.3. The van der Waals surface area contributed by atoms with E-state index in [0.717, 1.165) is 23.7 Å². The molecule has 0 amide bonds. The standard InChI is InChI=1S/C14H18N2O2/c17-14(18)12-6-15-16(7-12)13-10-2-8-1-9(4-10)5-11(13)3-8/h6-11,13H,1-5H2,(H,17,18). The second-order valence-electron chi connectivity index (χ2n) is 6.44. The van der Waals surface area contributed by atoms with E-state index < -0.39 is 5.97 Å². The van der Waals surface area contributed by atoms with Gasteiger partial charge in [-0.15, -0.1) is 0 Å². The van der Waals surface area contributed by atoms with E-state index in [9.17, 15) is 4.79 Å². The summed E-state index contributed by atoms with van der Waals surface area (Å²) >= 11 is 0. The van der Waals surface area contributed by atoms with Crippen LogP contribution in [0.15, 0.2) is 12.4 Å². The van der Waals surface area contributed by atoms with Crippen molar-refractivity contribution < 1.29 is 9.90 Å². The Morgan fingerprint density at radius 3 is 2.28 bits per heavy atom. The Kier molecular flexibility index (Phi) is 2.11. The van der Waals surface area contributed by atoms with Crippen LogP contribution in [0.25, 0.3) is 0 Å². The fraction of sp³-hybridized carbons (Fsp3) is 0.714. The summed E-state index contributed by atoms with van der Waals surface area (Å²) in [6.45, 7) is 0. The smallest absolute Gasteiger partial charge is 0.338 e. The normalized spacial score (nSPS) is 41.2. The van der Waals surface area contributed by atoms with Crippen LogP contribution in [0.3, 0.4) is 0 Å². The second-order valence-corrected chi connectivity index (χ2v) is 6.44. The number of carboxylic acid groups (broad SMARTS) is 1. The lowest BCUT2D eigenvalue weighted by Gasteiger charge is -2.54. The van der Waals surface area contributed by atoms with E-state index in [-0.39, 0.29) is 0 Å². The van der Waals surface area contributed by atoms with Crippen molar-refractivity contribution in [2.24, 2.45) is 23.7 Å². The van der Waals surface area contributed by atoms with Crippen LogP contribution in [0, 0.1) is 23.7 Å². The van der Waals surface area contributed by atoms with E-state index in [1.54, 1.807) is 6.20 Å². The minimum atomic E-state index is -0.870. The van der Waals surface area contributed by atoms with Gasteiger partial charge in [0.1, 0.15) is 0 Å². The summed E-state index contributed by atoms with van der Waals surface area (Å²) in [4.78, 5) is 10.9. The lowest BCUT2D eigenvalue weighted by atomic mass is 9.54. The van der Waals surface area contributed by atoms with E-state index in [1.807, 2.05) is 4.68 Å². The van der Waals surface area contributed by atoms with Gasteiger partial charge in [0, 0.05) is 6.20 Å². The zero-order valence-corrected chi connectivity index (χ0v) is 10.3. The molecular weight excluding hydrogens is 228 g/mol. The highest BCUT2D eigenvalue weighted by atomic mass is 16.4. The number of rotatable bonds is 2. The number of hydrogen-bond acceptors (Lipinski definition) is 2. The molecule has 0 aromatic carbocycles. The monoisotopic (exact) mass is 246 g/mol. The Balaban J connectivity index is 1.66. The average molecular weight is 246 g/mol. The van der Waals surface area contributed by atoms with Crippen LogP contribution in [0.4, 0.5) is 0 Å². The van der Waals surface area contributed by atoms with Gasteiger partial charge in [-0.3, -0.25) is 4.68 Å². The third-order valence-corrected chi connectivity index (χ3v) is 5.33. The third-order valence-electron chi connectivity index (χ3n) is 5.33. The molecule has 0 spiro atoms. The first-order valence-corrected chi connectivity index (χ1v) is 6.98. The largest absolute Gasteiger partial charge is 0.478 e. The highest BCUT2D eigenvalue weighted by Crippen LogP contribution is 2.58. The van der Waals surface area contributed by atoms with Crippen LogP contribution in [-0.2, 0) is 0 Å². The van der Waals surface area contributed by atoms with E-state index in [1.165, 1.54) is 38.3 Å². The van der Waals surface area contributed by atoms with Crippen molar-refractivity contribution in [3.63, 3.8) is 0 Å². The fourth-order valence-electron chi connectivity index (χ4n) is 4.94. The topological polar surface area (TPSA) is 55.1 Å². The van der Waals surface area contributed by atoms with E-state index in [0.29, 0.717) is 11.6 Å². The number of hydrogen-bond donors (Lipinski definition) is 1. The number of nitrogens with zero attached hydrogens (tertiary/aromatic N) is 2. The highest BCUT2D eigenvalue weighted by molar-refractivity contribution is 5.86. The van der Waals surface area contributed by atoms with E-state index in [2.05, 4.69) is 5.10 Å². The Morgan fingerprint density at radius 1 is 1.17 bits per heavy atom. The van der Waals surface area contributed by atoms with Crippen molar-refractivity contribution in [1.29, 1.82) is 0 Å². The van der Waals surface area contributed by atoms with Crippen LogP contribution in [-0.4, -0.2) is 20.9 Å². The molecule has 4 bridgehead atoms. The van der Waals surface area contributed by atoms with Gasteiger partial charge in [0.05, 0.1) is 17.8 Å². The van der Waals surface area contributed by atoms with Gasteiger partial charge in [0.25, 0.3) is 0 Å². The lowest BCUT2D eigenvalue weighted by molar-refractivity contribution is -0.0336. The Hall–Kier alpha value is -1.32. The molecule has 5 rings (SSSR count). The average Bonchev–Trinajstić information content (AvgIpc) is 2.77. The predicted molar refractivity (Wildman–Crippen MR) is 65.3 cm³/mol. The molecule has 1 aromatic rings. The number of carboxylic acids is 1. The Labute approximate surface area is 106 Å². The first-order valence-electron chi connectivity index (χ1n) is 6.98. The van der Waals surface area contributed by atoms with Gasteiger partial charge >= 0.3 is 5.97 Å². The van der Waals surface area contributed by atoms with Gasteiger partial charge in [0.2, 0.25) is 0 Å². The molecule has 4 saturated carbocycles. The van der Waals surface area contributed by atoms with Gasteiger partial charge in [-0.25, -0.2) is 4.79 Å². The molecule has 4 aliphatic rings. The van der Waals surface area contributed by atoms with Gasteiger partial charge in [0.15, 0.2) is 0 Å². The first-order chi connectivity index (χ1) is 8.70. The Morgan fingerprint density at radius 2 is 1.78 bits per heavy atom. The molecule has 0 atom stereocenters. The summed E-state index contributed by atoms with van der Waals surface area (Å²) in [5.74, 6) is 2.49. The van der Waals surface area contributed by atoms with Crippen LogP contribution in [0.2, 0.25) is 0 Å². The highest BCUT2D eigenvalue weighted by Gasteiger charge is 2.49. The maximum Gasteiger partial charge on any atom is 0.338 e. The van der Waals surface area contributed by atoms with E-state index >= 15 is 0 Å². The number of aromatic nitrogens is 2. The summed E-state index contributed by atoms with van der Waals surface area (Å²) in [6, 6.07) is 0.464. The molecule has 0 unspecified atom stereocenters. The van der Waals surface area contributed by atoms with Crippen LogP contribution in [0.1, 0.15) is 48.5 Å². The van der Waals surface area contributed by atoms with E-state index in [4.69, 9.17) is 5.11 Å². The molecule has 4 aliphatic carbocycles. The Bertz CT molecular complexity index is 466. The van der Waals surface area contributed by atoms with Crippen molar-refractivity contribution in [3.05, 3.63) is 18.0 Å². The van der Waals surface area contributed by atoms with Gasteiger partial charge in [-0.1, -0.05) is 0 Å². The molecule has 18 heavy (non-hydrogen) atoms. The van der Waals surface area contributed by atoms with Crippen molar-refractivity contribution >= 4 is 5.97 Å². The molecule has 0 radical (unpaired) electrons. The molecule has 4 nitrogen and oxygen atoms in total. The summed E-state index contributed by atoms with van der Waals surface area (Å²) in [7, 11) is 0. The summed E-state index contributed by atoms with van der Waals surface area (Å²) in [5, 5.41) is 13.3.